The quantitative estimate of drug-likeness (QED) is 0.481. The third-order valence-corrected chi connectivity index (χ3v) is 3.19. The Morgan fingerprint density at radius 2 is 2.20 bits per heavy atom. The predicted molar refractivity (Wildman–Crippen MR) is 79.7 cm³/mol. The van der Waals surface area contributed by atoms with E-state index in [-0.39, 0.29) is 6.07 Å². The summed E-state index contributed by atoms with van der Waals surface area (Å²) >= 11 is 11.0. The van der Waals surface area contributed by atoms with Gasteiger partial charge < -0.3 is 14.0 Å². The number of aromatic nitrogens is 1. The van der Waals surface area contributed by atoms with E-state index in [1.807, 2.05) is 23.9 Å². The number of rotatable bonds is 5. The van der Waals surface area contributed by atoms with Crippen molar-refractivity contribution in [3.05, 3.63) is 41.2 Å². The topological polar surface area (TPSA) is 40.5 Å². The molecule has 0 saturated carbocycles. The highest BCUT2D eigenvalue weighted by atomic mass is 35.5. The van der Waals surface area contributed by atoms with Crippen molar-refractivity contribution < 1.29 is 14.3 Å². The van der Waals surface area contributed by atoms with Crippen LogP contribution < -0.4 is 9.47 Å². The lowest BCUT2D eigenvalue weighted by atomic mass is 10.1. The molecule has 0 radical (unpaired) electrons. The average Bonchev–Trinajstić information content (AvgIpc) is 2.43. The molecule has 0 fully saturated rings. The molecular formula is C14H12ClNO3S. The van der Waals surface area contributed by atoms with E-state index in [0.29, 0.717) is 22.5 Å². The normalized spacial score (nSPS) is 10.1. The SMILES string of the molecule is Cn1cc(OCCl)c(=S)c(-c2cccc(OC=O)c2)c1. The molecule has 0 aliphatic rings. The van der Waals surface area contributed by atoms with Crippen molar-refractivity contribution in [3.8, 4) is 22.6 Å². The summed E-state index contributed by atoms with van der Waals surface area (Å²) in [4.78, 5) is 10.4. The summed E-state index contributed by atoms with van der Waals surface area (Å²) in [5.74, 6) is 0.995. The Labute approximate surface area is 126 Å². The van der Waals surface area contributed by atoms with Crippen LogP contribution in [0.3, 0.4) is 0 Å². The number of carbonyl (C=O) groups excluding carboxylic acids is 1. The molecule has 2 rings (SSSR count). The highest BCUT2D eigenvalue weighted by Crippen LogP contribution is 2.29. The van der Waals surface area contributed by atoms with Gasteiger partial charge in [0.25, 0.3) is 6.47 Å². The summed E-state index contributed by atoms with van der Waals surface area (Å²) in [6.07, 6.45) is 3.64. The van der Waals surface area contributed by atoms with Gasteiger partial charge in [-0.3, -0.25) is 4.79 Å². The van der Waals surface area contributed by atoms with Crippen molar-refractivity contribution in [1.29, 1.82) is 0 Å². The molecule has 0 aliphatic carbocycles. The van der Waals surface area contributed by atoms with Gasteiger partial charge in [0, 0.05) is 25.0 Å². The number of hydrogen-bond donors (Lipinski definition) is 0. The maximum absolute atomic E-state index is 10.4. The van der Waals surface area contributed by atoms with E-state index in [2.05, 4.69) is 0 Å². The van der Waals surface area contributed by atoms with Crippen molar-refractivity contribution in [2.75, 3.05) is 6.07 Å². The monoisotopic (exact) mass is 309 g/mol. The van der Waals surface area contributed by atoms with Gasteiger partial charge in [-0.25, -0.2) is 0 Å². The van der Waals surface area contributed by atoms with E-state index in [0.717, 1.165) is 11.1 Å². The van der Waals surface area contributed by atoms with Crippen LogP contribution in [-0.2, 0) is 11.8 Å². The van der Waals surface area contributed by atoms with Crippen molar-refractivity contribution in [1.82, 2.24) is 4.57 Å². The fourth-order valence-corrected chi connectivity index (χ4v) is 2.24. The minimum Gasteiger partial charge on any atom is -0.475 e. The molecule has 0 saturated heterocycles. The molecule has 4 nitrogen and oxygen atoms in total. The van der Waals surface area contributed by atoms with E-state index in [1.165, 1.54) is 0 Å². The molecule has 104 valence electrons. The molecule has 0 atom stereocenters. The van der Waals surface area contributed by atoms with E-state index in [9.17, 15) is 4.79 Å². The van der Waals surface area contributed by atoms with E-state index < -0.39 is 0 Å². The second kappa shape index (κ2) is 6.54. The zero-order chi connectivity index (χ0) is 14.5. The van der Waals surface area contributed by atoms with E-state index in [4.69, 9.17) is 33.3 Å². The fraction of sp³-hybridized carbons (Fsp3) is 0.143. The molecule has 1 aromatic carbocycles. The molecule has 0 aliphatic heterocycles. The van der Waals surface area contributed by atoms with Crippen LogP contribution in [0.2, 0.25) is 0 Å². The van der Waals surface area contributed by atoms with Gasteiger partial charge in [-0.1, -0.05) is 36.0 Å². The lowest BCUT2D eigenvalue weighted by Crippen LogP contribution is -1.98. The second-order valence-corrected chi connectivity index (χ2v) is 4.65. The number of carbonyl (C=O) groups is 1. The Morgan fingerprint density at radius 3 is 2.90 bits per heavy atom. The Kier molecular flexibility index (Phi) is 4.76. The third kappa shape index (κ3) is 3.18. The van der Waals surface area contributed by atoms with Crippen LogP contribution in [0.25, 0.3) is 11.1 Å². The van der Waals surface area contributed by atoms with Crippen LogP contribution in [0.5, 0.6) is 11.5 Å². The lowest BCUT2D eigenvalue weighted by molar-refractivity contribution is -0.120. The highest BCUT2D eigenvalue weighted by Gasteiger charge is 2.08. The highest BCUT2D eigenvalue weighted by molar-refractivity contribution is 7.71. The van der Waals surface area contributed by atoms with Gasteiger partial charge in [0.05, 0.1) is 4.51 Å². The molecule has 0 amide bonds. The van der Waals surface area contributed by atoms with Crippen LogP contribution in [0.15, 0.2) is 36.7 Å². The van der Waals surface area contributed by atoms with Gasteiger partial charge in [0.2, 0.25) is 0 Å². The number of hydrogen-bond acceptors (Lipinski definition) is 4. The van der Waals surface area contributed by atoms with E-state index >= 15 is 0 Å². The van der Waals surface area contributed by atoms with Gasteiger partial charge in [0.1, 0.15) is 5.75 Å². The first-order valence-electron chi connectivity index (χ1n) is 5.75. The zero-order valence-electron chi connectivity index (χ0n) is 10.7. The van der Waals surface area contributed by atoms with Gasteiger partial charge in [-0.2, -0.15) is 0 Å². The van der Waals surface area contributed by atoms with Crippen molar-refractivity contribution in [3.63, 3.8) is 0 Å². The molecule has 0 N–H and O–H groups in total. The first-order chi connectivity index (χ1) is 9.65. The maximum Gasteiger partial charge on any atom is 0.298 e. The zero-order valence-corrected chi connectivity index (χ0v) is 12.3. The van der Waals surface area contributed by atoms with Crippen LogP contribution in [0, 0.1) is 4.51 Å². The molecule has 0 bridgehead atoms. The summed E-state index contributed by atoms with van der Waals surface area (Å²) in [6, 6.07) is 7.14. The molecular weight excluding hydrogens is 298 g/mol. The average molecular weight is 310 g/mol. The smallest absolute Gasteiger partial charge is 0.298 e. The summed E-state index contributed by atoms with van der Waals surface area (Å²) in [7, 11) is 1.87. The molecule has 6 heteroatoms. The molecule has 2 aromatic rings. The first kappa shape index (κ1) is 14.6. The Bertz CT molecular complexity index is 684. The third-order valence-electron chi connectivity index (χ3n) is 2.66. The van der Waals surface area contributed by atoms with Gasteiger partial charge in [-0.05, 0) is 17.7 Å². The Morgan fingerprint density at radius 1 is 1.40 bits per heavy atom. The second-order valence-electron chi connectivity index (χ2n) is 4.03. The van der Waals surface area contributed by atoms with Crippen LogP contribution in [-0.4, -0.2) is 17.1 Å². The van der Waals surface area contributed by atoms with Crippen LogP contribution in [0.1, 0.15) is 0 Å². The Hall–Kier alpha value is -1.85. The molecule has 1 heterocycles. The molecule has 0 spiro atoms. The fourth-order valence-electron chi connectivity index (χ4n) is 1.84. The van der Waals surface area contributed by atoms with Crippen molar-refractivity contribution in [2.24, 2.45) is 7.05 Å². The summed E-state index contributed by atoms with van der Waals surface area (Å²) in [5, 5.41) is 0. The van der Waals surface area contributed by atoms with Gasteiger partial charge in [0.15, 0.2) is 11.8 Å². The Balaban J connectivity index is 2.54. The van der Waals surface area contributed by atoms with Gasteiger partial charge >= 0.3 is 0 Å². The number of ether oxygens (including phenoxy) is 2. The number of aryl methyl sites for hydroxylation is 1. The predicted octanol–water partition coefficient (Wildman–Crippen LogP) is 3.53. The molecule has 20 heavy (non-hydrogen) atoms. The van der Waals surface area contributed by atoms with Crippen LogP contribution in [0.4, 0.5) is 0 Å². The van der Waals surface area contributed by atoms with Crippen molar-refractivity contribution in [2.45, 2.75) is 0 Å². The van der Waals surface area contributed by atoms with E-state index in [1.54, 1.807) is 24.4 Å². The summed E-state index contributed by atoms with van der Waals surface area (Å²) in [6.45, 7) is 0.390. The maximum atomic E-state index is 10.4. The standard InChI is InChI=1S/C14H12ClNO3S/c1-16-6-12(14(20)13(7-16)18-8-15)10-3-2-4-11(5-10)19-9-17/h2-7,9H,8H2,1H3. The minimum atomic E-state index is 0.0292. The molecule has 0 unspecified atom stereocenters. The number of benzene rings is 1. The largest absolute Gasteiger partial charge is 0.475 e. The number of pyridine rings is 1. The first-order valence-corrected chi connectivity index (χ1v) is 6.69. The minimum absolute atomic E-state index is 0.0292. The molecule has 1 aromatic heterocycles. The van der Waals surface area contributed by atoms with Crippen LogP contribution >= 0.6 is 23.8 Å². The number of halogens is 1. The number of alkyl halides is 1. The summed E-state index contributed by atoms with van der Waals surface area (Å²) < 4.78 is 12.5. The van der Waals surface area contributed by atoms with Crippen molar-refractivity contribution >= 4 is 30.3 Å². The summed E-state index contributed by atoms with van der Waals surface area (Å²) in [5.41, 5.74) is 1.64. The lowest BCUT2D eigenvalue weighted by Gasteiger charge is -2.10. The van der Waals surface area contributed by atoms with Gasteiger partial charge in [-0.15, -0.1) is 0 Å². The number of nitrogens with zero attached hydrogens (tertiary/aromatic N) is 1.